The predicted molar refractivity (Wildman–Crippen MR) is 73.7 cm³/mol. The van der Waals surface area contributed by atoms with Crippen LogP contribution in [-0.4, -0.2) is 28.6 Å². The van der Waals surface area contributed by atoms with Gasteiger partial charge < -0.3 is 5.32 Å². The molecule has 2 rings (SSSR count). The van der Waals surface area contributed by atoms with E-state index in [1.807, 2.05) is 5.38 Å². The number of hydrogen-bond acceptors (Lipinski definition) is 5. The van der Waals surface area contributed by atoms with E-state index in [0.717, 1.165) is 17.3 Å². The summed E-state index contributed by atoms with van der Waals surface area (Å²) in [5.41, 5.74) is 1.05. The molecule has 1 fully saturated rings. The van der Waals surface area contributed by atoms with Crippen LogP contribution in [0.4, 0.5) is 5.13 Å². The van der Waals surface area contributed by atoms with Crippen molar-refractivity contribution in [3.05, 3.63) is 11.1 Å². The maximum absolute atomic E-state index is 11.9. The molecule has 1 aliphatic heterocycles. The summed E-state index contributed by atoms with van der Waals surface area (Å²) >= 11 is 3.23. The van der Waals surface area contributed by atoms with Gasteiger partial charge in [-0.05, 0) is 0 Å². The molecule has 0 spiro atoms. The van der Waals surface area contributed by atoms with Crippen LogP contribution in [0.5, 0.6) is 0 Å². The molecule has 1 unspecified atom stereocenters. The van der Waals surface area contributed by atoms with Gasteiger partial charge in [0.2, 0.25) is 5.91 Å². The molecule has 2 N–H and O–H groups in total. The third-order valence-electron chi connectivity index (χ3n) is 2.54. The molecule has 1 aliphatic rings. The lowest BCUT2D eigenvalue weighted by molar-refractivity contribution is -0.117. The predicted octanol–water partition coefficient (Wildman–Crippen LogP) is 2.04. The number of carbonyl (C=O) groups is 1. The summed E-state index contributed by atoms with van der Waals surface area (Å²) in [5.74, 6) is 1.71. The first-order chi connectivity index (χ1) is 7.97. The van der Waals surface area contributed by atoms with Gasteiger partial charge in [-0.3, -0.25) is 10.1 Å². The zero-order valence-electron chi connectivity index (χ0n) is 10.2. The lowest BCUT2D eigenvalue weighted by atomic mass is 9.93. The highest BCUT2D eigenvalue weighted by atomic mass is 32.2. The highest BCUT2D eigenvalue weighted by molar-refractivity contribution is 7.99. The van der Waals surface area contributed by atoms with Gasteiger partial charge in [0.25, 0.3) is 0 Å². The minimum atomic E-state index is -0.0815. The number of nitrogens with one attached hydrogen (secondary N) is 2. The Kier molecular flexibility index (Phi) is 3.75. The van der Waals surface area contributed by atoms with E-state index in [-0.39, 0.29) is 17.4 Å². The second-order valence-electron chi connectivity index (χ2n) is 5.05. The van der Waals surface area contributed by atoms with Gasteiger partial charge in [0.1, 0.15) is 0 Å². The molecule has 0 radical (unpaired) electrons. The zero-order chi connectivity index (χ0) is 12.5. The van der Waals surface area contributed by atoms with Gasteiger partial charge in [-0.15, -0.1) is 23.1 Å². The first kappa shape index (κ1) is 12.9. The molecule has 0 aliphatic carbocycles. The monoisotopic (exact) mass is 271 g/mol. The summed E-state index contributed by atoms with van der Waals surface area (Å²) in [5, 5.41) is 8.71. The SMILES string of the molecule is CC(C)(C)c1csc(NC(=O)C2CSCN2)n1. The molecule has 1 aromatic rings. The second-order valence-corrected chi connectivity index (χ2v) is 6.94. The molecule has 0 saturated carbocycles. The summed E-state index contributed by atoms with van der Waals surface area (Å²) in [6.07, 6.45) is 0. The summed E-state index contributed by atoms with van der Waals surface area (Å²) in [6, 6.07) is -0.0815. The smallest absolute Gasteiger partial charge is 0.244 e. The van der Waals surface area contributed by atoms with Gasteiger partial charge in [0.15, 0.2) is 5.13 Å². The summed E-state index contributed by atoms with van der Waals surface area (Å²) < 4.78 is 0. The highest BCUT2D eigenvalue weighted by Crippen LogP contribution is 2.26. The van der Waals surface area contributed by atoms with Crippen LogP contribution in [0.15, 0.2) is 5.38 Å². The van der Waals surface area contributed by atoms with E-state index < -0.39 is 0 Å². The van der Waals surface area contributed by atoms with E-state index in [2.05, 4.69) is 36.4 Å². The number of nitrogens with zero attached hydrogens (tertiary/aromatic N) is 1. The zero-order valence-corrected chi connectivity index (χ0v) is 11.9. The Bertz CT molecular complexity index is 405. The van der Waals surface area contributed by atoms with E-state index in [9.17, 15) is 4.79 Å². The average molecular weight is 271 g/mol. The van der Waals surface area contributed by atoms with Crippen LogP contribution >= 0.6 is 23.1 Å². The van der Waals surface area contributed by atoms with Crippen molar-refractivity contribution in [2.24, 2.45) is 0 Å². The fraction of sp³-hybridized carbons (Fsp3) is 0.636. The molecule has 6 heteroatoms. The third kappa shape index (κ3) is 3.20. The van der Waals surface area contributed by atoms with E-state index in [1.54, 1.807) is 11.8 Å². The van der Waals surface area contributed by atoms with Gasteiger partial charge in [0, 0.05) is 22.4 Å². The number of hydrogen-bond donors (Lipinski definition) is 2. The Balaban J connectivity index is 1.99. The standard InChI is InChI=1S/C11H17N3OS2/c1-11(2,3)8-5-17-10(13-8)14-9(15)7-4-16-6-12-7/h5,7,12H,4,6H2,1-3H3,(H,13,14,15). The molecule has 94 valence electrons. The maximum atomic E-state index is 11.9. The number of anilines is 1. The fourth-order valence-electron chi connectivity index (χ4n) is 1.43. The molecule has 1 saturated heterocycles. The second kappa shape index (κ2) is 4.96. The topological polar surface area (TPSA) is 54.0 Å². The van der Waals surface area contributed by atoms with Gasteiger partial charge in [0.05, 0.1) is 11.7 Å². The molecule has 17 heavy (non-hydrogen) atoms. The van der Waals surface area contributed by atoms with Crippen molar-refractivity contribution in [1.82, 2.24) is 10.3 Å². The van der Waals surface area contributed by atoms with E-state index in [0.29, 0.717) is 5.13 Å². The number of thiazole rings is 1. The number of carbonyl (C=O) groups excluding carboxylic acids is 1. The van der Waals surface area contributed by atoms with Crippen molar-refractivity contribution in [3.8, 4) is 0 Å². The number of amides is 1. The number of rotatable bonds is 2. The summed E-state index contributed by atoms with van der Waals surface area (Å²) in [6.45, 7) is 6.34. The van der Waals surface area contributed by atoms with Gasteiger partial charge in [-0.25, -0.2) is 4.98 Å². The molecule has 0 bridgehead atoms. The maximum Gasteiger partial charge on any atom is 0.244 e. The Hall–Kier alpha value is -0.590. The first-order valence-electron chi connectivity index (χ1n) is 5.55. The highest BCUT2D eigenvalue weighted by Gasteiger charge is 2.24. The fourth-order valence-corrected chi connectivity index (χ4v) is 3.31. The van der Waals surface area contributed by atoms with E-state index in [4.69, 9.17) is 0 Å². The van der Waals surface area contributed by atoms with Gasteiger partial charge in [-0.2, -0.15) is 0 Å². The minimum absolute atomic E-state index is 0.0183. The molecule has 1 atom stereocenters. The van der Waals surface area contributed by atoms with Crippen LogP contribution in [0.3, 0.4) is 0 Å². The van der Waals surface area contributed by atoms with Crippen molar-refractivity contribution in [2.45, 2.75) is 32.2 Å². The Labute approximate surface area is 110 Å². The van der Waals surface area contributed by atoms with Crippen molar-refractivity contribution in [2.75, 3.05) is 16.9 Å². The Morgan fingerprint density at radius 1 is 1.59 bits per heavy atom. The number of aromatic nitrogens is 1. The Morgan fingerprint density at radius 3 is 2.88 bits per heavy atom. The van der Waals surface area contributed by atoms with Crippen LogP contribution in [0.25, 0.3) is 0 Å². The minimum Gasteiger partial charge on any atom is -0.301 e. The van der Waals surface area contributed by atoms with Crippen molar-refractivity contribution < 1.29 is 4.79 Å². The molecule has 0 aromatic carbocycles. The van der Waals surface area contributed by atoms with Crippen molar-refractivity contribution in [3.63, 3.8) is 0 Å². The van der Waals surface area contributed by atoms with Gasteiger partial charge in [-0.1, -0.05) is 20.8 Å². The van der Waals surface area contributed by atoms with Crippen molar-refractivity contribution >= 4 is 34.1 Å². The molecule has 1 aromatic heterocycles. The summed E-state index contributed by atoms with van der Waals surface area (Å²) in [4.78, 5) is 16.3. The van der Waals surface area contributed by atoms with Gasteiger partial charge >= 0.3 is 0 Å². The lowest BCUT2D eigenvalue weighted by Gasteiger charge is -2.14. The average Bonchev–Trinajstić information content (AvgIpc) is 2.85. The van der Waals surface area contributed by atoms with E-state index in [1.165, 1.54) is 11.3 Å². The molecule has 1 amide bonds. The third-order valence-corrected chi connectivity index (χ3v) is 4.23. The van der Waals surface area contributed by atoms with Crippen molar-refractivity contribution in [1.29, 1.82) is 0 Å². The van der Waals surface area contributed by atoms with Crippen LogP contribution in [0.1, 0.15) is 26.5 Å². The summed E-state index contributed by atoms with van der Waals surface area (Å²) in [7, 11) is 0. The normalized spacial score (nSPS) is 20.5. The van der Waals surface area contributed by atoms with E-state index >= 15 is 0 Å². The lowest BCUT2D eigenvalue weighted by Crippen LogP contribution is -2.37. The largest absolute Gasteiger partial charge is 0.301 e. The quantitative estimate of drug-likeness (QED) is 0.864. The molecule has 2 heterocycles. The molecule has 4 nitrogen and oxygen atoms in total. The Morgan fingerprint density at radius 2 is 2.35 bits per heavy atom. The molecular formula is C11H17N3OS2. The van der Waals surface area contributed by atoms with Crippen LogP contribution in [-0.2, 0) is 10.2 Å². The number of thioether (sulfide) groups is 1. The van der Waals surface area contributed by atoms with Crippen LogP contribution < -0.4 is 10.6 Å². The van der Waals surface area contributed by atoms with Crippen LogP contribution in [0, 0.1) is 0 Å². The first-order valence-corrected chi connectivity index (χ1v) is 7.58. The van der Waals surface area contributed by atoms with Crippen LogP contribution in [0.2, 0.25) is 0 Å². The molecular weight excluding hydrogens is 254 g/mol.